The summed E-state index contributed by atoms with van der Waals surface area (Å²) >= 11 is 0. The predicted molar refractivity (Wildman–Crippen MR) is 53.5 cm³/mol. The standard InChI is InChI=1S/C6H16O2Si.C2H6O/c1-5-7-9(3,4)8-6-2;1-2-3/h5-6H2,1-4H3;3H,2H2,1H3. The zero-order valence-corrected chi connectivity index (χ0v) is 9.89. The fraction of sp³-hybridized carbons (Fsp3) is 1.00. The van der Waals surface area contributed by atoms with Crippen LogP contribution in [-0.2, 0) is 8.85 Å². The maximum Gasteiger partial charge on any atom is 0.331 e. The Bertz CT molecular complexity index is 78.4. The summed E-state index contributed by atoms with van der Waals surface area (Å²) in [4.78, 5) is 0. The van der Waals surface area contributed by atoms with E-state index >= 15 is 0 Å². The maximum absolute atomic E-state index is 7.57. The fourth-order valence-electron chi connectivity index (χ4n) is 0.737. The molecule has 0 aromatic rings. The summed E-state index contributed by atoms with van der Waals surface area (Å²) < 4.78 is 10.8. The number of hydrogen-bond donors (Lipinski definition) is 1. The van der Waals surface area contributed by atoms with Gasteiger partial charge in [-0.1, -0.05) is 0 Å². The Balaban J connectivity index is 0. The van der Waals surface area contributed by atoms with Crippen LogP contribution < -0.4 is 0 Å². The molecule has 0 aliphatic rings. The van der Waals surface area contributed by atoms with Crippen molar-refractivity contribution in [1.29, 1.82) is 0 Å². The molecule has 0 aromatic heterocycles. The lowest BCUT2D eigenvalue weighted by atomic mass is 10.9. The second-order valence-corrected chi connectivity index (χ2v) is 5.96. The van der Waals surface area contributed by atoms with Crippen LogP contribution in [0.3, 0.4) is 0 Å². The van der Waals surface area contributed by atoms with Crippen LogP contribution in [0.25, 0.3) is 0 Å². The molecule has 0 saturated heterocycles. The van der Waals surface area contributed by atoms with Gasteiger partial charge < -0.3 is 14.0 Å². The minimum Gasteiger partial charge on any atom is -0.397 e. The number of rotatable bonds is 4. The summed E-state index contributed by atoms with van der Waals surface area (Å²) in [6.45, 7) is 11.6. The van der Waals surface area contributed by atoms with Gasteiger partial charge in [-0.25, -0.2) is 0 Å². The minimum atomic E-state index is -1.70. The van der Waals surface area contributed by atoms with Crippen LogP contribution in [0, 0.1) is 0 Å². The first-order valence-corrected chi connectivity index (χ1v) is 7.24. The highest BCUT2D eigenvalue weighted by Crippen LogP contribution is 2.04. The van der Waals surface area contributed by atoms with Gasteiger partial charge in [-0.15, -0.1) is 0 Å². The summed E-state index contributed by atoms with van der Waals surface area (Å²) in [6.07, 6.45) is 0. The van der Waals surface area contributed by atoms with E-state index in [1.807, 2.05) is 13.8 Å². The van der Waals surface area contributed by atoms with Crippen molar-refractivity contribution in [2.45, 2.75) is 33.9 Å². The normalized spacial score (nSPS) is 10.5. The van der Waals surface area contributed by atoms with Crippen LogP contribution in [0.5, 0.6) is 0 Å². The van der Waals surface area contributed by atoms with E-state index in [1.165, 1.54) is 0 Å². The van der Waals surface area contributed by atoms with E-state index in [1.54, 1.807) is 6.92 Å². The van der Waals surface area contributed by atoms with Gasteiger partial charge in [-0.05, 0) is 33.9 Å². The molecule has 0 amide bonds. The molecule has 0 aliphatic carbocycles. The molecular formula is C8H22O3Si. The number of aliphatic hydroxyl groups is 1. The zero-order chi connectivity index (χ0) is 10.0. The summed E-state index contributed by atoms with van der Waals surface area (Å²) in [5.74, 6) is 0. The average Bonchev–Trinajstić information content (AvgIpc) is 1.88. The topological polar surface area (TPSA) is 38.7 Å². The SMILES string of the molecule is CCO.CCO[Si](C)(C)OCC. The van der Waals surface area contributed by atoms with Crippen molar-refractivity contribution in [1.82, 2.24) is 0 Å². The van der Waals surface area contributed by atoms with Crippen molar-refractivity contribution < 1.29 is 14.0 Å². The van der Waals surface area contributed by atoms with E-state index in [9.17, 15) is 0 Å². The summed E-state index contributed by atoms with van der Waals surface area (Å²) in [7, 11) is -1.70. The molecule has 0 spiro atoms. The molecule has 0 atom stereocenters. The van der Waals surface area contributed by atoms with Gasteiger partial charge in [0.25, 0.3) is 0 Å². The summed E-state index contributed by atoms with van der Waals surface area (Å²) in [5, 5.41) is 7.57. The van der Waals surface area contributed by atoms with Crippen LogP contribution in [0.15, 0.2) is 0 Å². The Morgan fingerprint density at radius 1 is 1.00 bits per heavy atom. The highest BCUT2D eigenvalue weighted by Gasteiger charge is 2.22. The molecule has 0 aliphatic heterocycles. The largest absolute Gasteiger partial charge is 0.397 e. The minimum absolute atomic E-state index is 0.250. The molecule has 76 valence electrons. The molecule has 0 saturated carbocycles. The highest BCUT2D eigenvalue weighted by atomic mass is 28.4. The van der Waals surface area contributed by atoms with Crippen LogP contribution in [0.2, 0.25) is 13.1 Å². The van der Waals surface area contributed by atoms with Gasteiger partial charge in [0.15, 0.2) is 0 Å². The number of hydrogen-bond acceptors (Lipinski definition) is 3. The lowest BCUT2D eigenvalue weighted by molar-refractivity contribution is 0.196. The molecule has 3 nitrogen and oxygen atoms in total. The fourth-order valence-corrected chi connectivity index (χ4v) is 2.21. The first-order valence-electron chi connectivity index (χ1n) is 4.42. The van der Waals surface area contributed by atoms with Crippen molar-refractivity contribution >= 4 is 8.56 Å². The summed E-state index contributed by atoms with van der Waals surface area (Å²) in [5.41, 5.74) is 0. The Labute approximate surface area is 76.9 Å². The van der Waals surface area contributed by atoms with E-state index in [0.717, 1.165) is 13.2 Å². The van der Waals surface area contributed by atoms with Gasteiger partial charge in [0, 0.05) is 19.8 Å². The highest BCUT2D eigenvalue weighted by molar-refractivity contribution is 6.64. The van der Waals surface area contributed by atoms with Crippen LogP contribution in [-0.4, -0.2) is 33.5 Å². The molecule has 0 radical (unpaired) electrons. The van der Waals surface area contributed by atoms with E-state index in [-0.39, 0.29) is 6.61 Å². The lowest BCUT2D eigenvalue weighted by Gasteiger charge is -2.20. The van der Waals surface area contributed by atoms with Gasteiger partial charge in [-0.3, -0.25) is 0 Å². The maximum atomic E-state index is 7.57. The molecule has 0 fully saturated rings. The van der Waals surface area contributed by atoms with E-state index in [2.05, 4.69) is 13.1 Å². The predicted octanol–water partition coefficient (Wildman–Crippen LogP) is 1.76. The zero-order valence-electron chi connectivity index (χ0n) is 8.89. The van der Waals surface area contributed by atoms with E-state index < -0.39 is 8.56 Å². The van der Waals surface area contributed by atoms with Crippen LogP contribution >= 0.6 is 0 Å². The molecule has 0 heterocycles. The van der Waals surface area contributed by atoms with E-state index in [4.69, 9.17) is 14.0 Å². The van der Waals surface area contributed by atoms with Crippen molar-refractivity contribution in [2.24, 2.45) is 0 Å². The van der Waals surface area contributed by atoms with Crippen molar-refractivity contribution in [2.75, 3.05) is 19.8 Å². The van der Waals surface area contributed by atoms with Gasteiger partial charge in [-0.2, -0.15) is 0 Å². The quantitative estimate of drug-likeness (QED) is 0.693. The van der Waals surface area contributed by atoms with Gasteiger partial charge in [0.1, 0.15) is 0 Å². The van der Waals surface area contributed by atoms with E-state index in [0.29, 0.717) is 0 Å². The molecular weight excluding hydrogens is 172 g/mol. The first-order chi connectivity index (χ1) is 5.54. The number of aliphatic hydroxyl groups excluding tert-OH is 1. The van der Waals surface area contributed by atoms with Gasteiger partial charge in [0.05, 0.1) is 0 Å². The van der Waals surface area contributed by atoms with Crippen molar-refractivity contribution in [3.05, 3.63) is 0 Å². The molecule has 0 aromatic carbocycles. The summed E-state index contributed by atoms with van der Waals surface area (Å²) in [6, 6.07) is 0. The molecule has 0 unspecified atom stereocenters. The Morgan fingerprint density at radius 2 is 1.25 bits per heavy atom. The van der Waals surface area contributed by atoms with Gasteiger partial charge >= 0.3 is 8.56 Å². The molecule has 1 N–H and O–H groups in total. The van der Waals surface area contributed by atoms with Crippen molar-refractivity contribution in [3.63, 3.8) is 0 Å². The molecule has 12 heavy (non-hydrogen) atoms. The van der Waals surface area contributed by atoms with Crippen LogP contribution in [0.1, 0.15) is 20.8 Å². The Morgan fingerprint density at radius 3 is 1.42 bits per heavy atom. The third-order valence-corrected chi connectivity index (χ3v) is 2.95. The molecule has 0 rings (SSSR count). The second kappa shape index (κ2) is 9.19. The van der Waals surface area contributed by atoms with Gasteiger partial charge in [0.2, 0.25) is 0 Å². The first kappa shape index (κ1) is 14.6. The third kappa shape index (κ3) is 12.7. The molecule has 0 bridgehead atoms. The van der Waals surface area contributed by atoms with Crippen molar-refractivity contribution in [3.8, 4) is 0 Å². The monoisotopic (exact) mass is 194 g/mol. The average molecular weight is 194 g/mol. The van der Waals surface area contributed by atoms with Crippen LogP contribution in [0.4, 0.5) is 0 Å². The third-order valence-electron chi connectivity index (χ3n) is 0.984. The lowest BCUT2D eigenvalue weighted by Crippen LogP contribution is -2.34. The Hall–Kier alpha value is 0.0969. The molecule has 4 heteroatoms. The second-order valence-electron chi connectivity index (χ2n) is 2.58. The Kier molecular flexibility index (Phi) is 11.2. The smallest absolute Gasteiger partial charge is 0.331 e.